The van der Waals surface area contributed by atoms with E-state index in [4.69, 9.17) is 0 Å². The van der Waals surface area contributed by atoms with Crippen molar-refractivity contribution in [2.24, 2.45) is 0 Å². The fourth-order valence-electron chi connectivity index (χ4n) is 3.75. The van der Waals surface area contributed by atoms with E-state index in [0.29, 0.717) is 0 Å². The molecule has 130 valence electrons. The van der Waals surface area contributed by atoms with E-state index in [0.717, 1.165) is 0 Å². The number of hydrogen-bond acceptors (Lipinski definition) is 0. The van der Waals surface area contributed by atoms with Gasteiger partial charge in [-0.15, -0.1) is 17.0 Å². The van der Waals surface area contributed by atoms with E-state index in [1.54, 1.807) is 0 Å². The second-order valence-electron chi connectivity index (χ2n) is 6.21. The van der Waals surface area contributed by atoms with Crippen molar-refractivity contribution in [3.05, 3.63) is 121 Å². The van der Waals surface area contributed by atoms with Crippen molar-refractivity contribution in [1.82, 2.24) is 0 Å². The van der Waals surface area contributed by atoms with Crippen LogP contribution in [-0.2, 0) is 0 Å². The van der Waals surface area contributed by atoms with E-state index in [9.17, 15) is 0 Å². The molecule has 0 amide bonds. The molecule has 0 aliphatic rings. The quantitative estimate of drug-likeness (QED) is 0.369. The molecule has 0 aromatic heterocycles. The van der Waals surface area contributed by atoms with Crippen LogP contribution in [0.25, 0.3) is 0 Å². The summed E-state index contributed by atoms with van der Waals surface area (Å²) in [4.78, 5) is 0. The van der Waals surface area contributed by atoms with Gasteiger partial charge in [-0.3, -0.25) is 0 Å². The van der Waals surface area contributed by atoms with E-state index >= 15 is 0 Å². The predicted octanol–water partition coefficient (Wildman–Crippen LogP) is 3.37. The summed E-state index contributed by atoms with van der Waals surface area (Å²) in [5, 5.41) is 0. The average Bonchev–Trinajstić information content (AvgIpc) is 2.72. The molecule has 0 spiro atoms. The summed E-state index contributed by atoms with van der Waals surface area (Å²) in [5.74, 6) is 0. The number of benzene rings is 4. The summed E-state index contributed by atoms with van der Waals surface area (Å²) in [6, 6.07) is 44.4. The van der Waals surface area contributed by atoms with Gasteiger partial charge in [-0.05, 0) is 0 Å². The maximum absolute atomic E-state index is 3.31. The fraction of sp³-hybridized carbons (Fsp3) is 0. The Hall–Kier alpha value is -1.82. The molecule has 4 aromatic carbocycles. The Morgan fingerprint density at radius 2 is 0.500 bits per heavy atom. The molecular formula is C24H22BrSb. The van der Waals surface area contributed by atoms with Crippen LogP contribution in [0, 0.1) is 0 Å². The van der Waals surface area contributed by atoms with Gasteiger partial charge in [-0.2, -0.15) is 0 Å². The molecule has 0 bridgehead atoms. The van der Waals surface area contributed by atoms with E-state index in [2.05, 4.69) is 121 Å². The topological polar surface area (TPSA) is 0 Å². The van der Waals surface area contributed by atoms with E-state index in [-0.39, 0.29) is 17.0 Å². The van der Waals surface area contributed by atoms with Crippen molar-refractivity contribution in [1.29, 1.82) is 0 Å². The second-order valence-corrected chi connectivity index (χ2v) is 17.1. The Bertz CT molecular complexity index is 759. The van der Waals surface area contributed by atoms with Crippen LogP contribution in [0.15, 0.2) is 121 Å². The van der Waals surface area contributed by atoms with Crippen molar-refractivity contribution in [3.63, 3.8) is 0 Å². The summed E-state index contributed by atoms with van der Waals surface area (Å²) >= 11 is -3.31. The van der Waals surface area contributed by atoms with Crippen molar-refractivity contribution < 1.29 is 0 Å². The van der Waals surface area contributed by atoms with Crippen molar-refractivity contribution >= 4 is 49.8 Å². The molecule has 26 heavy (non-hydrogen) atoms. The fourth-order valence-corrected chi connectivity index (χ4v) is 17.4. The second kappa shape index (κ2) is 8.71. The van der Waals surface area contributed by atoms with Crippen LogP contribution in [0.5, 0.6) is 0 Å². The van der Waals surface area contributed by atoms with Gasteiger partial charge in [0.1, 0.15) is 0 Å². The molecule has 0 atom stereocenters. The molecule has 0 saturated carbocycles. The average molecular weight is 512 g/mol. The van der Waals surface area contributed by atoms with Gasteiger partial charge >= 0.3 is 154 Å². The van der Waals surface area contributed by atoms with Gasteiger partial charge in [0, 0.05) is 0 Å². The summed E-state index contributed by atoms with van der Waals surface area (Å²) in [6.45, 7) is 0. The van der Waals surface area contributed by atoms with Gasteiger partial charge < -0.3 is 0 Å². The first-order chi connectivity index (χ1) is 12.4. The molecule has 0 saturated heterocycles. The first kappa shape index (κ1) is 19.0. The molecule has 2 heteroatoms. The van der Waals surface area contributed by atoms with E-state index < -0.39 is 18.8 Å². The molecule has 4 rings (SSSR count). The molecule has 4 aromatic rings. The number of hydrogen-bond donors (Lipinski definition) is 0. The molecule has 0 radical (unpaired) electrons. The number of rotatable bonds is 4. The third-order valence-corrected chi connectivity index (χ3v) is 18.5. The van der Waals surface area contributed by atoms with Crippen molar-refractivity contribution in [2.75, 3.05) is 0 Å². The van der Waals surface area contributed by atoms with Gasteiger partial charge in [-0.25, -0.2) is 0 Å². The molecule has 0 nitrogen and oxygen atoms in total. The van der Waals surface area contributed by atoms with Crippen LogP contribution < -0.4 is 14.0 Å². The minimum absolute atomic E-state index is 0. The molecule has 0 aliphatic carbocycles. The molecule has 0 fully saturated rings. The van der Waals surface area contributed by atoms with Crippen LogP contribution in [0.1, 0.15) is 0 Å². The summed E-state index contributed by atoms with van der Waals surface area (Å²) in [5.41, 5.74) is 0. The van der Waals surface area contributed by atoms with Crippen LogP contribution in [0.3, 0.4) is 0 Å². The normalized spacial score (nSPS) is 11.4. The SMILES string of the molecule is Br.c1cc[c]([SbH]([c]2ccccc2)([c]2ccccc2)[c]2ccccc2)cc1. The Morgan fingerprint density at radius 1 is 0.308 bits per heavy atom. The van der Waals surface area contributed by atoms with Gasteiger partial charge in [0.2, 0.25) is 0 Å². The monoisotopic (exact) mass is 510 g/mol. The molecule has 0 aliphatic heterocycles. The van der Waals surface area contributed by atoms with Crippen LogP contribution in [0.2, 0.25) is 0 Å². The van der Waals surface area contributed by atoms with Gasteiger partial charge in [0.15, 0.2) is 0 Å². The van der Waals surface area contributed by atoms with Crippen LogP contribution in [0.4, 0.5) is 0 Å². The van der Waals surface area contributed by atoms with Gasteiger partial charge in [-0.1, -0.05) is 0 Å². The standard InChI is InChI=1S/4C6H5.BrH.Sb.H/c4*1-2-4-6-5-3-1;;;/h4*1-5H;1H;;. The first-order valence-corrected chi connectivity index (χ1v) is 14.4. The Balaban J connectivity index is 0.00000196. The Morgan fingerprint density at radius 3 is 0.692 bits per heavy atom. The molecule has 0 unspecified atom stereocenters. The van der Waals surface area contributed by atoms with E-state index in [1.165, 1.54) is 14.0 Å². The molecular weight excluding hydrogens is 490 g/mol. The zero-order valence-corrected chi connectivity index (χ0v) is 19.0. The Kier molecular flexibility index (Phi) is 6.35. The molecule has 0 heterocycles. The van der Waals surface area contributed by atoms with Crippen LogP contribution in [-0.4, -0.2) is 18.8 Å². The van der Waals surface area contributed by atoms with Gasteiger partial charge in [0.25, 0.3) is 0 Å². The predicted molar refractivity (Wildman–Crippen MR) is 122 cm³/mol. The van der Waals surface area contributed by atoms with Crippen molar-refractivity contribution in [2.45, 2.75) is 0 Å². The maximum atomic E-state index is 2.32. The summed E-state index contributed by atoms with van der Waals surface area (Å²) in [6.07, 6.45) is 0. The molecule has 0 N–H and O–H groups in total. The van der Waals surface area contributed by atoms with E-state index in [1.807, 2.05) is 0 Å². The summed E-state index contributed by atoms with van der Waals surface area (Å²) in [7, 11) is 0. The number of halogens is 1. The first-order valence-electron chi connectivity index (χ1n) is 8.64. The zero-order chi connectivity index (χ0) is 17.0. The van der Waals surface area contributed by atoms with Gasteiger partial charge in [0.05, 0.1) is 0 Å². The third kappa shape index (κ3) is 3.39. The van der Waals surface area contributed by atoms with Crippen molar-refractivity contribution in [3.8, 4) is 0 Å². The zero-order valence-electron chi connectivity index (χ0n) is 14.5. The minimum atomic E-state index is -3.31. The Labute approximate surface area is 170 Å². The third-order valence-electron chi connectivity index (χ3n) is 4.83. The summed E-state index contributed by atoms with van der Waals surface area (Å²) < 4.78 is 5.95. The van der Waals surface area contributed by atoms with Crippen LogP contribution >= 0.6 is 17.0 Å².